The van der Waals surface area contributed by atoms with Crippen LogP contribution in [0, 0.1) is 6.07 Å². The molecule has 1 nitrogen and oxygen atoms in total. The van der Waals surface area contributed by atoms with Crippen molar-refractivity contribution in [2.75, 3.05) is 0 Å². The number of rotatable bonds is 2. The maximum Gasteiger partial charge on any atom is 0.0239 e. The molecule has 175 valence electrons. The molecule has 6 aromatic rings. The van der Waals surface area contributed by atoms with Crippen LogP contribution in [-0.2, 0) is 25.5 Å². The van der Waals surface area contributed by atoms with Crippen molar-refractivity contribution in [2.24, 2.45) is 0 Å². The Balaban J connectivity index is 0.00000240. The molecule has 0 atom stereocenters. The number of aromatic nitrogens is 1. The molecule has 1 radical (unpaired) electrons. The van der Waals surface area contributed by atoms with Gasteiger partial charge in [0.05, 0.1) is 0 Å². The van der Waals surface area contributed by atoms with E-state index in [4.69, 9.17) is 4.98 Å². The molecule has 1 aliphatic carbocycles. The van der Waals surface area contributed by atoms with Crippen LogP contribution in [0.5, 0.6) is 0 Å². The van der Waals surface area contributed by atoms with Gasteiger partial charge in [0.25, 0.3) is 0 Å². The smallest absolute Gasteiger partial charge is 0.0239 e. The predicted molar refractivity (Wildman–Crippen MR) is 147 cm³/mol. The van der Waals surface area contributed by atoms with E-state index in [1.165, 1.54) is 49.5 Å². The van der Waals surface area contributed by atoms with Crippen molar-refractivity contribution >= 4 is 21.5 Å². The van der Waals surface area contributed by atoms with Gasteiger partial charge in [0.1, 0.15) is 0 Å². The van der Waals surface area contributed by atoms with Gasteiger partial charge in [-0.3, -0.25) is 0 Å². The van der Waals surface area contributed by atoms with Gasteiger partial charge in [0.2, 0.25) is 0 Å². The second-order valence-corrected chi connectivity index (χ2v) is 10.00. The number of hydrogen-bond acceptors (Lipinski definition) is 1. The Morgan fingerprint density at radius 2 is 1.39 bits per heavy atom. The summed E-state index contributed by atoms with van der Waals surface area (Å²) in [5.41, 5.74) is 9.87. The van der Waals surface area contributed by atoms with Gasteiger partial charge in [-0.2, -0.15) is 0 Å². The molecule has 0 unspecified atom stereocenters. The van der Waals surface area contributed by atoms with E-state index in [2.05, 4.69) is 123 Å². The van der Waals surface area contributed by atoms with Crippen molar-refractivity contribution in [1.29, 1.82) is 0 Å². The molecule has 36 heavy (non-hydrogen) atoms. The van der Waals surface area contributed by atoms with Crippen molar-refractivity contribution in [2.45, 2.75) is 19.3 Å². The first-order valence-corrected chi connectivity index (χ1v) is 12.1. The topological polar surface area (TPSA) is 12.9 Å². The van der Waals surface area contributed by atoms with Crippen LogP contribution in [0.1, 0.15) is 25.0 Å². The monoisotopic (exact) mass is 639 g/mol. The molecule has 1 heterocycles. The standard InChI is InChI=1S/C34H24N.Ir/c1-34(2)31-10-6-5-9-28(31)29-18-17-25(19-32(29)34)22-11-14-24(15-12-22)33-20-30-26(21-35-33)16-13-23-7-3-4-8-27(23)30;/h3-14,16-21H,1-2H3;/q-1;. The average molecular weight is 639 g/mol. The van der Waals surface area contributed by atoms with E-state index < -0.39 is 0 Å². The minimum atomic E-state index is 0. The minimum absolute atomic E-state index is 0. The molecule has 7 rings (SSSR count). The molecule has 0 spiro atoms. The summed E-state index contributed by atoms with van der Waals surface area (Å²) in [6, 6.07) is 40.6. The zero-order valence-corrected chi connectivity index (χ0v) is 22.6. The van der Waals surface area contributed by atoms with Gasteiger partial charge in [-0.15, -0.1) is 29.8 Å². The molecule has 0 saturated heterocycles. The van der Waals surface area contributed by atoms with E-state index >= 15 is 0 Å². The molecule has 0 amide bonds. The van der Waals surface area contributed by atoms with Crippen LogP contribution < -0.4 is 0 Å². The Morgan fingerprint density at radius 3 is 2.25 bits per heavy atom. The molecule has 0 aliphatic heterocycles. The Hall–Kier alpha value is -3.58. The van der Waals surface area contributed by atoms with Crippen LogP contribution in [0.3, 0.4) is 0 Å². The zero-order valence-electron chi connectivity index (χ0n) is 20.2. The van der Waals surface area contributed by atoms with Gasteiger partial charge in [-0.1, -0.05) is 110 Å². The minimum Gasteiger partial charge on any atom is -0.304 e. The summed E-state index contributed by atoms with van der Waals surface area (Å²) in [5.74, 6) is 0. The van der Waals surface area contributed by atoms with Crippen molar-refractivity contribution in [3.63, 3.8) is 0 Å². The third kappa shape index (κ3) is 3.45. The van der Waals surface area contributed by atoms with Gasteiger partial charge in [0.15, 0.2) is 0 Å². The van der Waals surface area contributed by atoms with Gasteiger partial charge in [0, 0.05) is 31.7 Å². The van der Waals surface area contributed by atoms with Gasteiger partial charge in [-0.05, 0) is 49.5 Å². The van der Waals surface area contributed by atoms with E-state index in [1.807, 2.05) is 6.20 Å². The van der Waals surface area contributed by atoms with Gasteiger partial charge >= 0.3 is 0 Å². The molecule has 1 aromatic heterocycles. The second-order valence-electron chi connectivity index (χ2n) is 10.00. The summed E-state index contributed by atoms with van der Waals surface area (Å²) in [6.07, 6.45) is 1.97. The number of hydrogen-bond donors (Lipinski definition) is 0. The summed E-state index contributed by atoms with van der Waals surface area (Å²) < 4.78 is 0. The SMILES string of the molecule is CC1(C)c2ccccc2-c2ccc(-c3c[c-]c(-c4cc5c(ccc6ccccc65)cn4)cc3)cc21.[Ir]. The fourth-order valence-electron chi connectivity index (χ4n) is 5.69. The fraction of sp³-hybridized carbons (Fsp3) is 0.0882. The van der Waals surface area contributed by atoms with Crippen LogP contribution >= 0.6 is 0 Å². The van der Waals surface area contributed by atoms with E-state index in [1.54, 1.807) is 0 Å². The van der Waals surface area contributed by atoms with Gasteiger partial charge < -0.3 is 4.98 Å². The summed E-state index contributed by atoms with van der Waals surface area (Å²) >= 11 is 0. The fourth-order valence-corrected chi connectivity index (χ4v) is 5.69. The Morgan fingerprint density at radius 1 is 0.639 bits per heavy atom. The van der Waals surface area contributed by atoms with Crippen LogP contribution in [0.15, 0.2) is 109 Å². The first kappa shape index (κ1) is 22.9. The van der Waals surface area contributed by atoms with E-state index in [9.17, 15) is 0 Å². The van der Waals surface area contributed by atoms with Crippen LogP contribution in [0.2, 0.25) is 0 Å². The normalized spacial score (nSPS) is 13.3. The second kappa shape index (κ2) is 8.52. The predicted octanol–water partition coefficient (Wildman–Crippen LogP) is 8.83. The molecule has 0 N–H and O–H groups in total. The first-order valence-electron chi connectivity index (χ1n) is 12.1. The molecule has 0 bridgehead atoms. The van der Waals surface area contributed by atoms with Crippen molar-refractivity contribution < 1.29 is 20.1 Å². The quantitative estimate of drug-likeness (QED) is 0.136. The average Bonchev–Trinajstić information content (AvgIpc) is 3.15. The van der Waals surface area contributed by atoms with Crippen molar-refractivity contribution in [3.05, 3.63) is 127 Å². The van der Waals surface area contributed by atoms with Gasteiger partial charge in [-0.25, -0.2) is 0 Å². The van der Waals surface area contributed by atoms with Crippen LogP contribution in [0.4, 0.5) is 0 Å². The number of benzene rings is 5. The zero-order chi connectivity index (χ0) is 23.6. The largest absolute Gasteiger partial charge is 0.304 e. The molecule has 5 aromatic carbocycles. The number of pyridine rings is 1. The summed E-state index contributed by atoms with van der Waals surface area (Å²) in [6.45, 7) is 4.65. The third-order valence-corrected chi connectivity index (χ3v) is 7.63. The maximum absolute atomic E-state index is 4.74. The number of fused-ring (bicyclic) bond motifs is 6. The van der Waals surface area contributed by atoms with Crippen LogP contribution in [0.25, 0.3) is 55.1 Å². The Labute approximate surface area is 225 Å². The first-order chi connectivity index (χ1) is 17.1. The van der Waals surface area contributed by atoms with Crippen molar-refractivity contribution in [1.82, 2.24) is 4.98 Å². The molecule has 0 saturated carbocycles. The molecule has 0 fully saturated rings. The maximum atomic E-state index is 4.74. The number of nitrogens with zero attached hydrogens (tertiary/aromatic N) is 1. The van der Waals surface area contributed by atoms with E-state index in [0.717, 1.165) is 16.6 Å². The molecule has 1 aliphatic rings. The Bertz CT molecular complexity index is 1760. The van der Waals surface area contributed by atoms with Crippen molar-refractivity contribution in [3.8, 4) is 33.5 Å². The Kier molecular flexibility index (Phi) is 5.41. The summed E-state index contributed by atoms with van der Waals surface area (Å²) in [5, 5.41) is 4.89. The molecular formula is C34H24IrN-. The molecule has 2 heteroatoms. The van der Waals surface area contributed by atoms with E-state index in [-0.39, 0.29) is 25.5 Å². The summed E-state index contributed by atoms with van der Waals surface area (Å²) in [4.78, 5) is 4.74. The van der Waals surface area contributed by atoms with Crippen LogP contribution in [-0.4, -0.2) is 4.98 Å². The molecular weight excluding hydrogens is 615 g/mol. The van der Waals surface area contributed by atoms with E-state index in [0.29, 0.717) is 0 Å². The summed E-state index contributed by atoms with van der Waals surface area (Å²) in [7, 11) is 0. The third-order valence-electron chi connectivity index (χ3n) is 7.63.